The van der Waals surface area contributed by atoms with Crippen LogP contribution in [0.5, 0.6) is 0 Å². The summed E-state index contributed by atoms with van der Waals surface area (Å²) in [5, 5.41) is 2.97. The summed E-state index contributed by atoms with van der Waals surface area (Å²) in [5.41, 5.74) is 0.643. The molecular formula is C11H8BrFIN3. The summed E-state index contributed by atoms with van der Waals surface area (Å²) < 4.78 is 14.9. The first kappa shape index (κ1) is 12.7. The third-order valence-electron chi connectivity index (χ3n) is 2.10. The van der Waals surface area contributed by atoms with E-state index >= 15 is 0 Å². The molecule has 0 fully saturated rings. The molecule has 0 aliphatic carbocycles. The van der Waals surface area contributed by atoms with Crippen LogP contribution in [-0.2, 0) is 0 Å². The molecule has 1 aromatic heterocycles. The van der Waals surface area contributed by atoms with Crippen molar-refractivity contribution in [2.45, 2.75) is 0 Å². The predicted octanol–water partition coefficient (Wildman–Crippen LogP) is 3.69. The van der Waals surface area contributed by atoms with Crippen molar-refractivity contribution in [1.29, 1.82) is 0 Å². The standard InChI is InChI=1S/C11H8BrFIN3/c1-15-11-9(14)5-16-10(17-11)6-2-7(12)4-8(13)3-6/h2-5H,1H3,(H,15,16,17). The highest BCUT2D eigenvalue weighted by molar-refractivity contribution is 14.1. The highest BCUT2D eigenvalue weighted by Gasteiger charge is 2.07. The van der Waals surface area contributed by atoms with Crippen LogP contribution >= 0.6 is 38.5 Å². The van der Waals surface area contributed by atoms with E-state index in [1.165, 1.54) is 12.1 Å². The van der Waals surface area contributed by atoms with Gasteiger partial charge in [-0.25, -0.2) is 14.4 Å². The molecule has 0 aliphatic heterocycles. The van der Waals surface area contributed by atoms with Crippen LogP contribution in [0.2, 0.25) is 0 Å². The number of rotatable bonds is 2. The Morgan fingerprint density at radius 1 is 1.35 bits per heavy atom. The zero-order valence-corrected chi connectivity index (χ0v) is 12.6. The Balaban J connectivity index is 2.52. The lowest BCUT2D eigenvalue weighted by atomic mass is 10.2. The van der Waals surface area contributed by atoms with E-state index in [-0.39, 0.29) is 5.82 Å². The van der Waals surface area contributed by atoms with Gasteiger partial charge in [0.2, 0.25) is 0 Å². The van der Waals surface area contributed by atoms with Crippen LogP contribution in [0.15, 0.2) is 28.9 Å². The van der Waals surface area contributed by atoms with Gasteiger partial charge < -0.3 is 5.32 Å². The molecule has 0 unspecified atom stereocenters. The van der Waals surface area contributed by atoms with Crippen molar-refractivity contribution in [3.8, 4) is 11.4 Å². The monoisotopic (exact) mass is 407 g/mol. The van der Waals surface area contributed by atoms with E-state index in [9.17, 15) is 4.39 Å². The Labute approximate surface area is 120 Å². The van der Waals surface area contributed by atoms with Crippen LogP contribution in [0.4, 0.5) is 10.2 Å². The van der Waals surface area contributed by atoms with Crippen LogP contribution in [0.3, 0.4) is 0 Å². The highest BCUT2D eigenvalue weighted by atomic mass is 127. The second kappa shape index (κ2) is 5.26. The molecule has 88 valence electrons. The summed E-state index contributed by atoms with van der Waals surface area (Å²) in [5.74, 6) is 0.911. The van der Waals surface area contributed by atoms with Gasteiger partial charge in [0, 0.05) is 23.3 Å². The van der Waals surface area contributed by atoms with E-state index < -0.39 is 0 Å². The third kappa shape index (κ3) is 2.92. The van der Waals surface area contributed by atoms with E-state index in [0.717, 1.165) is 9.39 Å². The summed E-state index contributed by atoms with van der Waals surface area (Å²) in [6.07, 6.45) is 1.70. The Bertz CT molecular complexity index is 542. The van der Waals surface area contributed by atoms with Crippen molar-refractivity contribution in [3.63, 3.8) is 0 Å². The van der Waals surface area contributed by atoms with E-state index in [2.05, 4.69) is 53.8 Å². The number of anilines is 1. The van der Waals surface area contributed by atoms with Crippen LogP contribution < -0.4 is 5.32 Å². The quantitative estimate of drug-likeness (QED) is 0.771. The molecule has 1 N–H and O–H groups in total. The maximum Gasteiger partial charge on any atom is 0.161 e. The van der Waals surface area contributed by atoms with Gasteiger partial charge in [-0.3, -0.25) is 0 Å². The van der Waals surface area contributed by atoms with E-state index in [0.29, 0.717) is 15.9 Å². The first-order chi connectivity index (χ1) is 8.10. The molecule has 0 bridgehead atoms. The Hall–Kier alpha value is -0.760. The molecule has 2 rings (SSSR count). The van der Waals surface area contributed by atoms with Gasteiger partial charge in [0.25, 0.3) is 0 Å². The molecule has 1 heterocycles. The van der Waals surface area contributed by atoms with Crippen LogP contribution in [0.1, 0.15) is 0 Å². The maximum atomic E-state index is 13.3. The smallest absolute Gasteiger partial charge is 0.161 e. The molecule has 0 spiro atoms. The number of benzene rings is 1. The minimum atomic E-state index is -0.317. The summed E-state index contributed by atoms with van der Waals surface area (Å²) in [7, 11) is 1.79. The maximum absolute atomic E-state index is 13.3. The highest BCUT2D eigenvalue weighted by Crippen LogP contribution is 2.24. The van der Waals surface area contributed by atoms with Gasteiger partial charge in [0.1, 0.15) is 11.6 Å². The largest absolute Gasteiger partial charge is 0.372 e. The zero-order valence-electron chi connectivity index (χ0n) is 8.84. The van der Waals surface area contributed by atoms with Gasteiger partial charge in [-0.15, -0.1) is 0 Å². The van der Waals surface area contributed by atoms with E-state index in [1.54, 1.807) is 19.3 Å². The molecule has 3 nitrogen and oxygen atoms in total. The zero-order chi connectivity index (χ0) is 12.4. The molecule has 0 saturated heterocycles. The average Bonchev–Trinajstić information content (AvgIpc) is 2.28. The Morgan fingerprint density at radius 3 is 2.76 bits per heavy atom. The number of nitrogens with zero attached hydrogens (tertiary/aromatic N) is 2. The molecular weight excluding hydrogens is 400 g/mol. The summed E-state index contributed by atoms with van der Waals surface area (Å²) in [6, 6.07) is 4.59. The van der Waals surface area contributed by atoms with Crippen molar-refractivity contribution < 1.29 is 4.39 Å². The van der Waals surface area contributed by atoms with Crippen molar-refractivity contribution >= 4 is 44.3 Å². The molecule has 0 aliphatic rings. The van der Waals surface area contributed by atoms with Crippen molar-refractivity contribution in [2.75, 3.05) is 12.4 Å². The summed E-state index contributed by atoms with van der Waals surface area (Å²) in [6.45, 7) is 0. The molecule has 1 aromatic carbocycles. The molecule has 0 atom stereocenters. The lowest BCUT2D eigenvalue weighted by Gasteiger charge is -2.06. The summed E-state index contributed by atoms with van der Waals surface area (Å²) in [4.78, 5) is 8.52. The lowest BCUT2D eigenvalue weighted by Crippen LogP contribution is -1.99. The topological polar surface area (TPSA) is 37.8 Å². The van der Waals surface area contributed by atoms with Crippen LogP contribution in [0.25, 0.3) is 11.4 Å². The first-order valence-corrected chi connectivity index (χ1v) is 6.64. The molecule has 0 radical (unpaired) electrons. The molecule has 2 aromatic rings. The van der Waals surface area contributed by atoms with Crippen LogP contribution in [0, 0.1) is 9.39 Å². The Kier molecular flexibility index (Phi) is 3.93. The number of hydrogen-bond acceptors (Lipinski definition) is 3. The van der Waals surface area contributed by atoms with E-state index in [1.807, 2.05) is 0 Å². The van der Waals surface area contributed by atoms with Crippen molar-refractivity contribution in [1.82, 2.24) is 9.97 Å². The predicted molar refractivity (Wildman–Crippen MR) is 77.4 cm³/mol. The first-order valence-electron chi connectivity index (χ1n) is 4.77. The van der Waals surface area contributed by atoms with E-state index in [4.69, 9.17) is 0 Å². The van der Waals surface area contributed by atoms with Crippen LogP contribution in [-0.4, -0.2) is 17.0 Å². The second-order valence-corrected chi connectivity index (χ2v) is 5.38. The third-order valence-corrected chi connectivity index (χ3v) is 3.35. The lowest BCUT2D eigenvalue weighted by molar-refractivity contribution is 0.627. The minimum Gasteiger partial charge on any atom is -0.372 e. The SMILES string of the molecule is CNc1nc(-c2cc(F)cc(Br)c2)ncc1I. The fourth-order valence-corrected chi connectivity index (χ4v) is 2.36. The van der Waals surface area contributed by atoms with Gasteiger partial charge in [-0.05, 0) is 40.8 Å². The Morgan fingerprint density at radius 2 is 2.12 bits per heavy atom. The van der Waals surface area contributed by atoms with Gasteiger partial charge in [0.05, 0.1) is 3.57 Å². The van der Waals surface area contributed by atoms with Gasteiger partial charge >= 0.3 is 0 Å². The number of nitrogens with one attached hydrogen (secondary N) is 1. The molecule has 0 amide bonds. The molecule has 17 heavy (non-hydrogen) atoms. The van der Waals surface area contributed by atoms with Gasteiger partial charge in [0.15, 0.2) is 5.82 Å². The minimum absolute atomic E-state index is 0.317. The fourth-order valence-electron chi connectivity index (χ4n) is 1.36. The van der Waals surface area contributed by atoms with Crippen molar-refractivity contribution in [2.24, 2.45) is 0 Å². The number of halogens is 3. The number of aromatic nitrogens is 2. The van der Waals surface area contributed by atoms with Gasteiger partial charge in [-0.2, -0.15) is 0 Å². The summed E-state index contributed by atoms with van der Waals surface area (Å²) >= 11 is 5.39. The molecule has 6 heteroatoms. The van der Waals surface area contributed by atoms with Gasteiger partial charge in [-0.1, -0.05) is 15.9 Å². The average molecular weight is 408 g/mol. The normalized spacial score (nSPS) is 10.4. The van der Waals surface area contributed by atoms with Crippen molar-refractivity contribution in [3.05, 3.63) is 38.3 Å². The number of hydrogen-bond donors (Lipinski definition) is 1. The fraction of sp³-hybridized carbons (Fsp3) is 0.0909. The second-order valence-electron chi connectivity index (χ2n) is 3.30. The molecule has 0 saturated carbocycles.